The summed E-state index contributed by atoms with van der Waals surface area (Å²) in [6.45, 7) is 4.95. The van der Waals surface area contributed by atoms with Gasteiger partial charge in [0.05, 0.1) is 46.8 Å². The van der Waals surface area contributed by atoms with E-state index in [1.165, 1.54) is 22.4 Å². The SMILES string of the molecule is COc1cccc(CN(Cc2cccc(N(C)C)c2)c2ccc(COCCOCCOCc3ccccc3)cc2)c1. The van der Waals surface area contributed by atoms with E-state index in [0.717, 1.165) is 30.1 Å². The molecule has 0 saturated heterocycles. The minimum Gasteiger partial charge on any atom is -0.497 e. The fraction of sp³-hybridized carbons (Fsp3) is 0.314. The number of anilines is 2. The molecule has 0 atom stereocenters. The van der Waals surface area contributed by atoms with Crippen molar-refractivity contribution in [3.8, 4) is 5.75 Å². The lowest BCUT2D eigenvalue weighted by Gasteiger charge is -2.26. The van der Waals surface area contributed by atoms with E-state index < -0.39 is 0 Å². The van der Waals surface area contributed by atoms with Crippen LogP contribution in [0.3, 0.4) is 0 Å². The van der Waals surface area contributed by atoms with Gasteiger partial charge in [0.15, 0.2) is 0 Å². The number of benzene rings is 4. The summed E-state index contributed by atoms with van der Waals surface area (Å²) in [6.07, 6.45) is 0. The maximum absolute atomic E-state index is 5.85. The topological polar surface area (TPSA) is 43.4 Å². The summed E-state index contributed by atoms with van der Waals surface area (Å²) >= 11 is 0. The van der Waals surface area contributed by atoms with E-state index in [-0.39, 0.29) is 0 Å². The molecular formula is C35H42N2O4. The van der Waals surface area contributed by atoms with E-state index in [1.807, 2.05) is 30.3 Å². The molecule has 0 N–H and O–H groups in total. The molecule has 41 heavy (non-hydrogen) atoms. The second-order valence-corrected chi connectivity index (χ2v) is 10.1. The average molecular weight is 555 g/mol. The highest BCUT2D eigenvalue weighted by atomic mass is 16.5. The molecule has 6 nitrogen and oxygen atoms in total. The molecule has 0 radical (unpaired) electrons. The Morgan fingerprint density at radius 1 is 0.512 bits per heavy atom. The molecule has 6 heteroatoms. The van der Waals surface area contributed by atoms with Crippen LogP contribution in [0.5, 0.6) is 5.75 Å². The zero-order valence-electron chi connectivity index (χ0n) is 24.5. The molecule has 0 fully saturated rings. The monoisotopic (exact) mass is 554 g/mol. The molecule has 0 saturated carbocycles. The van der Waals surface area contributed by atoms with E-state index >= 15 is 0 Å². The van der Waals surface area contributed by atoms with Crippen molar-refractivity contribution in [3.05, 3.63) is 125 Å². The van der Waals surface area contributed by atoms with Gasteiger partial charge in [-0.15, -0.1) is 0 Å². The van der Waals surface area contributed by atoms with Crippen molar-refractivity contribution in [1.82, 2.24) is 0 Å². The lowest BCUT2D eigenvalue weighted by molar-refractivity contribution is 0.00704. The van der Waals surface area contributed by atoms with Crippen LogP contribution >= 0.6 is 0 Å². The summed E-state index contributed by atoms with van der Waals surface area (Å²) in [7, 11) is 5.85. The predicted molar refractivity (Wildman–Crippen MR) is 167 cm³/mol. The van der Waals surface area contributed by atoms with Gasteiger partial charge in [-0.05, 0) is 58.7 Å². The maximum Gasteiger partial charge on any atom is 0.119 e. The fourth-order valence-corrected chi connectivity index (χ4v) is 4.48. The smallest absolute Gasteiger partial charge is 0.119 e. The van der Waals surface area contributed by atoms with Gasteiger partial charge in [-0.1, -0.05) is 66.7 Å². The summed E-state index contributed by atoms with van der Waals surface area (Å²) in [5, 5.41) is 0. The van der Waals surface area contributed by atoms with Crippen LogP contribution in [0, 0.1) is 0 Å². The van der Waals surface area contributed by atoms with Crippen molar-refractivity contribution in [2.24, 2.45) is 0 Å². The summed E-state index contributed by atoms with van der Waals surface area (Å²) in [4.78, 5) is 4.53. The number of methoxy groups -OCH3 is 1. The summed E-state index contributed by atoms with van der Waals surface area (Å²) in [5.41, 5.74) is 7.12. The largest absolute Gasteiger partial charge is 0.497 e. The first-order valence-corrected chi connectivity index (χ1v) is 14.1. The Kier molecular flexibility index (Phi) is 12.1. The number of rotatable bonds is 17. The summed E-state index contributed by atoms with van der Waals surface area (Å²) in [5.74, 6) is 0.869. The summed E-state index contributed by atoms with van der Waals surface area (Å²) < 4.78 is 22.6. The van der Waals surface area contributed by atoms with Crippen LogP contribution < -0.4 is 14.5 Å². The molecule has 0 aromatic heterocycles. The molecule has 0 bridgehead atoms. The predicted octanol–water partition coefficient (Wildman–Crippen LogP) is 6.72. The van der Waals surface area contributed by atoms with Gasteiger partial charge in [0.2, 0.25) is 0 Å². The normalized spacial score (nSPS) is 10.9. The Labute approximate surface area is 245 Å². The molecule has 0 aliphatic heterocycles. The number of ether oxygens (including phenoxy) is 4. The van der Waals surface area contributed by atoms with Crippen molar-refractivity contribution in [2.75, 3.05) is 57.4 Å². The zero-order chi connectivity index (χ0) is 28.7. The van der Waals surface area contributed by atoms with Crippen LogP contribution in [0.2, 0.25) is 0 Å². The molecule has 0 spiro atoms. The molecule has 4 rings (SSSR count). The van der Waals surface area contributed by atoms with Gasteiger partial charge in [0.25, 0.3) is 0 Å². The van der Waals surface area contributed by atoms with Gasteiger partial charge in [-0.2, -0.15) is 0 Å². The Morgan fingerprint density at radius 2 is 1.07 bits per heavy atom. The van der Waals surface area contributed by atoms with E-state index in [4.69, 9.17) is 18.9 Å². The van der Waals surface area contributed by atoms with Gasteiger partial charge in [-0.25, -0.2) is 0 Å². The van der Waals surface area contributed by atoms with E-state index in [9.17, 15) is 0 Å². The van der Waals surface area contributed by atoms with E-state index in [0.29, 0.717) is 39.6 Å². The Bertz CT molecular complexity index is 1300. The molecule has 0 unspecified atom stereocenters. The van der Waals surface area contributed by atoms with Crippen molar-refractivity contribution in [1.29, 1.82) is 0 Å². The van der Waals surface area contributed by atoms with Gasteiger partial charge in [0.1, 0.15) is 5.75 Å². The first-order chi connectivity index (χ1) is 20.1. The number of nitrogens with zero attached hydrogens (tertiary/aromatic N) is 2. The quantitative estimate of drug-likeness (QED) is 0.135. The van der Waals surface area contributed by atoms with Crippen molar-refractivity contribution in [3.63, 3.8) is 0 Å². The first-order valence-electron chi connectivity index (χ1n) is 14.1. The van der Waals surface area contributed by atoms with E-state index in [1.54, 1.807) is 7.11 Å². The molecule has 0 heterocycles. The Hall–Kier alpha value is -3.84. The molecule has 4 aromatic rings. The highest BCUT2D eigenvalue weighted by Gasteiger charge is 2.11. The standard InChI is InChI=1S/C35H42N2O4/c1-36(2)34-13-7-11-31(23-34)25-37(26-32-12-8-14-35(24-32)38-3)33-17-15-30(16-18-33)28-41-22-20-39-19-21-40-27-29-9-5-4-6-10-29/h4-18,23-24H,19-22,25-28H2,1-3H3. The van der Waals surface area contributed by atoms with Crippen molar-refractivity contribution < 1.29 is 18.9 Å². The van der Waals surface area contributed by atoms with Gasteiger partial charge in [0, 0.05) is 38.6 Å². The maximum atomic E-state index is 5.85. The molecular weight excluding hydrogens is 512 g/mol. The molecule has 0 aliphatic rings. The second kappa shape index (κ2) is 16.4. The van der Waals surface area contributed by atoms with Gasteiger partial charge >= 0.3 is 0 Å². The highest BCUT2D eigenvalue weighted by Crippen LogP contribution is 2.24. The van der Waals surface area contributed by atoms with Crippen LogP contribution in [0.15, 0.2) is 103 Å². The summed E-state index contributed by atoms with van der Waals surface area (Å²) in [6, 6.07) is 35.8. The minimum atomic E-state index is 0.546. The third-order valence-electron chi connectivity index (χ3n) is 6.73. The van der Waals surface area contributed by atoms with Gasteiger partial charge in [-0.3, -0.25) is 0 Å². The van der Waals surface area contributed by atoms with Crippen LogP contribution in [-0.4, -0.2) is 47.6 Å². The number of hydrogen-bond donors (Lipinski definition) is 0. The molecule has 0 aliphatic carbocycles. The lowest BCUT2D eigenvalue weighted by Crippen LogP contribution is -2.22. The molecule has 216 valence electrons. The Morgan fingerprint density at radius 3 is 1.71 bits per heavy atom. The molecule has 0 amide bonds. The first kappa shape index (κ1) is 30.1. The van der Waals surface area contributed by atoms with Crippen LogP contribution in [0.4, 0.5) is 11.4 Å². The average Bonchev–Trinajstić information content (AvgIpc) is 3.01. The van der Waals surface area contributed by atoms with E-state index in [2.05, 4.69) is 96.7 Å². The third-order valence-corrected chi connectivity index (χ3v) is 6.73. The van der Waals surface area contributed by atoms with Gasteiger partial charge < -0.3 is 28.7 Å². The van der Waals surface area contributed by atoms with Crippen molar-refractivity contribution >= 4 is 11.4 Å². The Balaban J connectivity index is 1.26. The second-order valence-electron chi connectivity index (χ2n) is 10.1. The third kappa shape index (κ3) is 10.3. The molecule has 4 aromatic carbocycles. The number of hydrogen-bond acceptors (Lipinski definition) is 6. The lowest BCUT2D eigenvalue weighted by atomic mass is 10.1. The van der Waals surface area contributed by atoms with Crippen LogP contribution in [-0.2, 0) is 40.5 Å². The van der Waals surface area contributed by atoms with Crippen LogP contribution in [0.25, 0.3) is 0 Å². The minimum absolute atomic E-state index is 0.546. The van der Waals surface area contributed by atoms with Crippen molar-refractivity contribution in [2.45, 2.75) is 26.3 Å². The highest BCUT2D eigenvalue weighted by molar-refractivity contribution is 5.52. The fourth-order valence-electron chi connectivity index (χ4n) is 4.48. The van der Waals surface area contributed by atoms with Crippen LogP contribution in [0.1, 0.15) is 22.3 Å². The zero-order valence-corrected chi connectivity index (χ0v) is 24.5.